The fourth-order valence-electron chi connectivity index (χ4n) is 5.66. The summed E-state index contributed by atoms with van der Waals surface area (Å²) in [6.45, 7) is 6.62. The van der Waals surface area contributed by atoms with Gasteiger partial charge in [0.25, 0.3) is 5.91 Å². The van der Waals surface area contributed by atoms with Gasteiger partial charge in [-0.05, 0) is 41.3 Å². The molecule has 3 aromatic carbocycles. The number of fused-ring (bicyclic) bond motifs is 1. The summed E-state index contributed by atoms with van der Waals surface area (Å²) in [5.74, 6) is -0.388. The van der Waals surface area contributed by atoms with E-state index >= 15 is 0 Å². The van der Waals surface area contributed by atoms with Crippen molar-refractivity contribution >= 4 is 23.4 Å². The lowest BCUT2D eigenvalue weighted by Gasteiger charge is -2.44. The van der Waals surface area contributed by atoms with Crippen LogP contribution in [0.25, 0.3) is 0 Å². The lowest BCUT2D eigenvalue weighted by Crippen LogP contribution is -2.53. The van der Waals surface area contributed by atoms with Crippen molar-refractivity contribution in [2.75, 3.05) is 32.7 Å². The van der Waals surface area contributed by atoms with Crippen molar-refractivity contribution in [3.8, 4) is 0 Å². The molecule has 1 fully saturated rings. The standard InChI is InChI=1S/C31H34ClN3O2/c1-2-3-16-35-29(24-12-9-13-25(32)21-24)28(26-14-7-8-15-27(26)30(35)36)31(37)34-19-17-33(18-20-34)22-23-10-5-4-6-11-23/h4-15,21,28-29H,2-3,16-20,22H2,1H3/t28-,29+/m1/s1. The highest BCUT2D eigenvalue weighted by molar-refractivity contribution is 6.30. The average molecular weight is 516 g/mol. The van der Waals surface area contributed by atoms with E-state index in [2.05, 4.69) is 36.1 Å². The number of benzene rings is 3. The molecule has 6 heteroatoms. The van der Waals surface area contributed by atoms with Crippen molar-refractivity contribution in [2.24, 2.45) is 0 Å². The Bertz CT molecular complexity index is 1240. The topological polar surface area (TPSA) is 43.9 Å². The van der Waals surface area contributed by atoms with E-state index in [-0.39, 0.29) is 17.9 Å². The lowest BCUT2D eigenvalue weighted by molar-refractivity contribution is -0.136. The highest BCUT2D eigenvalue weighted by atomic mass is 35.5. The van der Waals surface area contributed by atoms with Gasteiger partial charge in [0.1, 0.15) is 0 Å². The van der Waals surface area contributed by atoms with E-state index in [1.165, 1.54) is 5.56 Å². The number of halogens is 1. The van der Waals surface area contributed by atoms with E-state index in [9.17, 15) is 9.59 Å². The first-order chi connectivity index (χ1) is 18.1. The van der Waals surface area contributed by atoms with Crippen molar-refractivity contribution in [3.05, 3.63) is 106 Å². The van der Waals surface area contributed by atoms with Crippen LogP contribution in [0.3, 0.4) is 0 Å². The maximum Gasteiger partial charge on any atom is 0.254 e. The molecule has 2 aliphatic rings. The number of hydrogen-bond donors (Lipinski definition) is 0. The molecule has 0 radical (unpaired) electrons. The van der Waals surface area contributed by atoms with Crippen molar-refractivity contribution < 1.29 is 9.59 Å². The SMILES string of the molecule is CCCCN1C(=O)c2ccccc2[C@@H](C(=O)N2CCN(Cc3ccccc3)CC2)[C@@H]1c1cccc(Cl)c1. The number of carbonyl (C=O) groups excluding carboxylic acids is 2. The van der Waals surface area contributed by atoms with E-state index < -0.39 is 5.92 Å². The van der Waals surface area contributed by atoms with Crippen LogP contribution in [0.5, 0.6) is 0 Å². The Balaban J connectivity index is 1.45. The molecule has 0 saturated carbocycles. The van der Waals surface area contributed by atoms with Gasteiger partial charge in [0, 0.05) is 49.9 Å². The monoisotopic (exact) mass is 515 g/mol. The van der Waals surface area contributed by atoms with E-state index in [0.29, 0.717) is 30.2 Å². The first kappa shape index (κ1) is 25.5. The summed E-state index contributed by atoms with van der Waals surface area (Å²) in [6.07, 6.45) is 1.85. The van der Waals surface area contributed by atoms with Gasteiger partial charge < -0.3 is 9.80 Å². The molecular weight excluding hydrogens is 482 g/mol. The molecule has 5 nitrogen and oxygen atoms in total. The molecule has 0 aromatic heterocycles. The minimum atomic E-state index is -0.468. The largest absolute Gasteiger partial charge is 0.340 e. The zero-order chi connectivity index (χ0) is 25.8. The van der Waals surface area contributed by atoms with Crippen molar-refractivity contribution in [2.45, 2.75) is 38.3 Å². The molecule has 2 aliphatic heterocycles. The van der Waals surface area contributed by atoms with E-state index in [4.69, 9.17) is 11.6 Å². The number of carbonyl (C=O) groups is 2. The molecule has 2 atom stereocenters. The molecular formula is C31H34ClN3O2. The molecule has 2 heterocycles. The molecule has 37 heavy (non-hydrogen) atoms. The number of unbranched alkanes of at least 4 members (excludes halogenated alkanes) is 1. The smallest absolute Gasteiger partial charge is 0.254 e. The predicted octanol–water partition coefficient (Wildman–Crippen LogP) is 5.77. The Morgan fingerprint density at radius 2 is 1.65 bits per heavy atom. The van der Waals surface area contributed by atoms with Gasteiger partial charge in [-0.1, -0.05) is 85.6 Å². The van der Waals surface area contributed by atoms with Gasteiger partial charge in [0.2, 0.25) is 5.91 Å². The first-order valence-electron chi connectivity index (χ1n) is 13.3. The van der Waals surface area contributed by atoms with Gasteiger partial charge in [-0.3, -0.25) is 14.5 Å². The highest BCUT2D eigenvalue weighted by Gasteiger charge is 2.45. The molecule has 5 rings (SSSR count). The Morgan fingerprint density at radius 3 is 2.38 bits per heavy atom. The maximum atomic E-state index is 14.3. The van der Waals surface area contributed by atoms with Crippen molar-refractivity contribution in [1.29, 1.82) is 0 Å². The van der Waals surface area contributed by atoms with Crippen LogP contribution in [-0.4, -0.2) is 59.2 Å². The Hall–Kier alpha value is -3.15. The average Bonchev–Trinajstić information content (AvgIpc) is 2.93. The molecule has 1 saturated heterocycles. The van der Waals surface area contributed by atoms with Crippen molar-refractivity contribution in [3.63, 3.8) is 0 Å². The summed E-state index contributed by atoms with van der Waals surface area (Å²) in [6, 6.07) is 25.4. The number of piperazine rings is 1. The van der Waals surface area contributed by atoms with Crippen LogP contribution in [0.2, 0.25) is 5.02 Å². The van der Waals surface area contributed by atoms with Gasteiger partial charge in [-0.25, -0.2) is 0 Å². The third kappa shape index (κ3) is 5.43. The molecule has 0 N–H and O–H groups in total. The number of amides is 2. The summed E-state index contributed by atoms with van der Waals surface area (Å²) in [7, 11) is 0. The van der Waals surface area contributed by atoms with Crippen molar-refractivity contribution in [1.82, 2.24) is 14.7 Å². The number of nitrogens with zero attached hydrogens (tertiary/aromatic N) is 3. The summed E-state index contributed by atoms with van der Waals surface area (Å²) >= 11 is 6.41. The van der Waals surface area contributed by atoms with Gasteiger partial charge in [0.05, 0.1) is 12.0 Å². The van der Waals surface area contributed by atoms with E-state index in [1.807, 2.05) is 64.4 Å². The minimum absolute atomic E-state index is 0.00856. The van der Waals surface area contributed by atoms with E-state index in [1.54, 1.807) is 0 Å². The highest BCUT2D eigenvalue weighted by Crippen LogP contribution is 2.44. The van der Waals surface area contributed by atoms with Gasteiger partial charge >= 0.3 is 0 Å². The van der Waals surface area contributed by atoms with Crippen LogP contribution < -0.4 is 0 Å². The second-order valence-corrected chi connectivity index (χ2v) is 10.4. The fourth-order valence-corrected chi connectivity index (χ4v) is 5.86. The van der Waals surface area contributed by atoms with Crippen LogP contribution in [-0.2, 0) is 11.3 Å². The molecule has 2 amide bonds. The van der Waals surface area contributed by atoms with Crippen LogP contribution in [0, 0.1) is 0 Å². The molecule has 3 aromatic rings. The molecule has 0 unspecified atom stereocenters. The maximum absolute atomic E-state index is 14.3. The fraction of sp³-hybridized carbons (Fsp3) is 0.355. The Labute approximate surface area is 224 Å². The van der Waals surface area contributed by atoms with Crippen LogP contribution >= 0.6 is 11.6 Å². The Morgan fingerprint density at radius 1 is 0.919 bits per heavy atom. The summed E-state index contributed by atoms with van der Waals surface area (Å²) in [5.41, 5.74) is 3.65. The second kappa shape index (κ2) is 11.5. The Kier molecular flexibility index (Phi) is 7.92. The summed E-state index contributed by atoms with van der Waals surface area (Å²) < 4.78 is 0. The zero-order valence-electron chi connectivity index (χ0n) is 21.4. The normalized spacial score (nSPS) is 20.1. The molecule has 192 valence electrons. The van der Waals surface area contributed by atoms with Gasteiger partial charge in [-0.2, -0.15) is 0 Å². The third-order valence-electron chi connectivity index (χ3n) is 7.58. The van der Waals surface area contributed by atoms with Crippen LogP contribution in [0.1, 0.15) is 58.8 Å². The van der Waals surface area contributed by atoms with Crippen LogP contribution in [0.4, 0.5) is 0 Å². The first-order valence-corrected chi connectivity index (χ1v) is 13.6. The van der Waals surface area contributed by atoms with Crippen LogP contribution in [0.15, 0.2) is 78.9 Å². The third-order valence-corrected chi connectivity index (χ3v) is 7.82. The second-order valence-electron chi connectivity index (χ2n) is 10.0. The minimum Gasteiger partial charge on any atom is -0.340 e. The zero-order valence-corrected chi connectivity index (χ0v) is 22.1. The van der Waals surface area contributed by atoms with Gasteiger partial charge in [0.15, 0.2) is 0 Å². The lowest BCUT2D eigenvalue weighted by atomic mass is 9.78. The number of rotatable bonds is 7. The van der Waals surface area contributed by atoms with Gasteiger partial charge in [-0.15, -0.1) is 0 Å². The molecule has 0 bridgehead atoms. The molecule has 0 spiro atoms. The number of hydrogen-bond acceptors (Lipinski definition) is 3. The predicted molar refractivity (Wildman–Crippen MR) is 148 cm³/mol. The molecule has 0 aliphatic carbocycles. The summed E-state index contributed by atoms with van der Waals surface area (Å²) in [4.78, 5) is 34.3. The summed E-state index contributed by atoms with van der Waals surface area (Å²) in [5, 5.41) is 0.611. The quantitative estimate of drug-likeness (QED) is 0.401. The van der Waals surface area contributed by atoms with E-state index in [0.717, 1.165) is 43.6 Å².